The largest absolute Gasteiger partial charge is 0.497 e. The number of hydrogen-bond donors (Lipinski definition) is 0. The summed E-state index contributed by atoms with van der Waals surface area (Å²) >= 11 is 0. The van der Waals surface area contributed by atoms with Crippen molar-refractivity contribution >= 4 is 5.78 Å². The van der Waals surface area contributed by atoms with E-state index in [9.17, 15) is 4.79 Å². The van der Waals surface area contributed by atoms with Crippen LogP contribution in [0.15, 0.2) is 54.6 Å². The molecule has 0 N–H and O–H groups in total. The van der Waals surface area contributed by atoms with Crippen molar-refractivity contribution < 1.29 is 19.0 Å². The molecule has 2 aromatic carbocycles. The van der Waals surface area contributed by atoms with Crippen LogP contribution >= 0.6 is 0 Å². The number of ether oxygens (including phenoxy) is 3. The normalized spacial score (nSPS) is 13.8. The van der Waals surface area contributed by atoms with Crippen LogP contribution in [0.3, 0.4) is 0 Å². The Bertz CT molecular complexity index is 1100. The zero-order chi connectivity index (χ0) is 22.7. The highest BCUT2D eigenvalue weighted by Gasteiger charge is 2.26. The van der Waals surface area contributed by atoms with Crippen molar-refractivity contribution in [3.63, 3.8) is 0 Å². The first-order valence-electron chi connectivity index (χ1n) is 11.0. The molecule has 0 amide bonds. The van der Waals surface area contributed by atoms with Gasteiger partial charge in [0.2, 0.25) is 0 Å². The van der Waals surface area contributed by atoms with Gasteiger partial charge in [-0.1, -0.05) is 30.3 Å². The minimum absolute atomic E-state index is 0.0175. The Morgan fingerprint density at radius 3 is 2.62 bits per heavy atom. The summed E-state index contributed by atoms with van der Waals surface area (Å²) in [5.74, 6) is 1.66. The van der Waals surface area contributed by atoms with Gasteiger partial charge in [0.05, 0.1) is 37.8 Å². The predicted molar refractivity (Wildman–Crippen MR) is 123 cm³/mol. The van der Waals surface area contributed by atoms with Crippen LogP contribution in [0.4, 0.5) is 0 Å². The average Bonchev–Trinajstić information content (AvgIpc) is 3.51. The molecule has 32 heavy (non-hydrogen) atoms. The van der Waals surface area contributed by atoms with Crippen molar-refractivity contribution in [1.82, 2.24) is 9.78 Å². The summed E-state index contributed by atoms with van der Waals surface area (Å²) in [6.07, 6.45) is 2.54. The highest BCUT2D eigenvalue weighted by atomic mass is 16.5. The molecule has 0 spiro atoms. The van der Waals surface area contributed by atoms with Crippen LogP contribution in [0, 0.1) is 0 Å². The van der Waals surface area contributed by atoms with Crippen molar-refractivity contribution in [3.05, 3.63) is 65.9 Å². The first-order valence-corrected chi connectivity index (χ1v) is 11.0. The van der Waals surface area contributed by atoms with Gasteiger partial charge in [0.25, 0.3) is 0 Å². The summed E-state index contributed by atoms with van der Waals surface area (Å²) in [5, 5.41) is 4.82. The Labute approximate surface area is 189 Å². The van der Waals surface area contributed by atoms with Crippen LogP contribution in [0.1, 0.15) is 44.9 Å². The van der Waals surface area contributed by atoms with Gasteiger partial charge in [-0.05, 0) is 57.9 Å². The van der Waals surface area contributed by atoms with Gasteiger partial charge in [-0.2, -0.15) is 5.10 Å². The van der Waals surface area contributed by atoms with Crippen molar-refractivity contribution in [3.8, 4) is 22.8 Å². The van der Waals surface area contributed by atoms with Gasteiger partial charge in [0.1, 0.15) is 17.1 Å². The Balaban J connectivity index is 1.66. The van der Waals surface area contributed by atoms with Crippen molar-refractivity contribution in [2.45, 2.75) is 58.5 Å². The molecule has 6 heteroatoms. The Hall–Kier alpha value is -3.12. The third-order valence-corrected chi connectivity index (χ3v) is 5.74. The molecular formula is C26H30N2O4. The molecule has 0 radical (unpaired) electrons. The monoisotopic (exact) mass is 434 g/mol. The van der Waals surface area contributed by atoms with Gasteiger partial charge < -0.3 is 14.2 Å². The lowest BCUT2D eigenvalue weighted by Gasteiger charge is -2.21. The van der Waals surface area contributed by atoms with Crippen LogP contribution in [0.2, 0.25) is 0 Å². The number of aromatic nitrogens is 2. The van der Waals surface area contributed by atoms with E-state index >= 15 is 0 Å². The summed E-state index contributed by atoms with van der Waals surface area (Å²) in [6.45, 7) is 5.90. The van der Waals surface area contributed by atoms with E-state index in [0.29, 0.717) is 12.6 Å². The summed E-state index contributed by atoms with van der Waals surface area (Å²) in [5.41, 5.74) is 2.92. The molecule has 6 nitrogen and oxygen atoms in total. The van der Waals surface area contributed by atoms with Crippen LogP contribution < -0.4 is 9.47 Å². The fourth-order valence-electron chi connectivity index (χ4n) is 3.31. The van der Waals surface area contributed by atoms with Crippen LogP contribution in [0.5, 0.6) is 11.5 Å². The molecule has 4 rings (SSSR count). The molecule has 0 aliphatic heterocycles. The maximum absolute atomic E-state index is 11.8. The minimum atomic E-state index is -0.857. The number of rotatable bonds is 10. The highest BCUT2D eigenvalue weighted by molar-refractivity contribution is 5.83. The second-order valence-electron chi connectivity index (χ2n) is 8.69. The topological polar surface area (TPSA) is 62.6 Å². The van der Waals surface area contributed by atoms with E-state index in [1.165, 1.54) is 6.92 Å². The quantitative estimate of drug-likeness (QED) is 0.448. The number of para-hydroxylation sites is 1. The highest BCUT2D eigenvalue weighted by Crippen LogP contribution is 2.31. The molecule has 1 aliphatic carbocycles. The van der Waals surface area contributed by atoms with Gasteiger partial charge in [-0.15, -0.1) is 0 Å². The SMILES string of the molecule is COc1cccc(-c2cc(COC(C)(C)C(C)=O)nn2Cc2ccccc2OC2CC2)c1. The van der Waals surface area contributed by atoms with Crippen LogP contribution in [-0.4, -0.2) is 34.4 Å². The molecule has 3 aromatic rings. The molecule has 0 bridgehead atoms. The number of ketones is 1. The molecule has 1 saturated carbocycles. The number of carbonyl (C=O) groups excluding carboxylic acids is 1. The fourth-order valence-corrected chi connectivity index (χ4v) is 3.31. The van der Waals surface area contributed by atoms with E-state index < -0.39 is 5.60 Å². The van der Waals surface area contributed by atoms with Crippen LogP contribution in [0.25, 0.3) is 11.3 Å². The zero-order valence-corrected chi connectivity index (χ0v) is 19.1. The molecule has 168 valence electrons. The van der Waals surface area contributed by atoms with E-state index in [-0.39, 0.29) is 12.4 Å². The minimum Gasteiger partial charge on any atom is -0.497 e. The summed E-state index contributed by atoms with van der Waals surface area (Å²) < 4.78 is 19.4. The van der Waals surface area contributed by atoms with Gasteiger partial charge in [-0.25, -0.2) is 0 Å². The van der Waals surface area contributed by atoms with Crippen LogP contribution in [-0.2, 0) is 22.7 Å². The predicted octanol–water partition coefficient (Wildman–Crippen LogP) is 5.03. The molecule has 0 atom stereocenters. The van der Waals surface area contributed by atoms with Crippen molar-refractivity contribution in [1.29, 1.82) is 0 Å². The maximum atomic E-state index is 11.8. The van der Waals surface area contributed by atoms with Crippen molar-refractivity contribution in [2.75, 3.05) is 7.11 Å². The smallest absolute Gasteiger partial charge is 0.161 e. The average molecular weight is 435 g/mol. The lowest BCUT2D eigenvalue weighted by Crippen LogP contribution is -2.32. The Kier molecular flexibility index (Phi) is 6.33. The molecule has 1 heterocycles. The van der Waals surface area contributed by atoms with Gasteiger partial charge in [0.15, 0.2) is 5.78 Å². The Morgan fingerprint density at radius 2 is 1.91 bits per heavy atom. The molecule has 0 unspecified atom stereocenters. The second kappa shape index (κ2) is 9.17. The second-order valence-corrected chi connectivity index (χ2v) is 8.69. The lowest BCUT2D eigenvalue weighted by atomic mass is 10.1. The standard InChI is InChI=1S/C26H30N2O4/c1-18(29)26(2,3)31-17-21-15-24(19-9-7-10-23(14-19)30-4)28(27-21)16-20-8-5-6-11-25(20)32-22-12-13-22/h5-11,14-15,22H,12-13,16-17H2,1-4H3. The third-order valence-electron chi connectivity index (χ3n) is 5.74. The number of nitrogens with zero attached hydrogens (tertiary/aromatic N) is 2. The molecule has 1 aliphatic rings. The molecule has 0 saturated heterocycles. The summed E-state index contributed by atoms with van der Waals surface area (Å²) in [7, 11) is 1.66. The van der Waals surface area contributed by atoms with Gasteiger partial charge >= 0.3 is 0 Å². The summed E-state index contributed by atoms with van der Waals surface area (Å²) in [4.78, 5) is 11.8. The first-order chi connectivity index (χ1) is 15.4. The van der Waals surface area contributed by atoms with E-state index in [0.717, 1.165) is 46.9 Å². The third kappa shape index (κ3) is 5.19. The molecule has 1 aromatic heterocycles. The number of Topliss-reactive ketones (excluding diaryl/α,β-unsaturated/α-hetero) is 1. The van der Waals surface area contributed by atoms with E-state index in [1.54, 1.807) is 21.0 Å². The maximum Gasteiger partial charge on any atom is 0.161 e. The number of benzene rings is 2. The number of hydrogen-bond acceptors (Lipinski definition) is 5. The Morgan fingerprint density at radius 1 is 1.12 bits per heavy atom. The van der Waals surface area contributed by atoms with Gasteiger partial charge in [-0.3, -0.25) is 9.48 Å². The van der Waals surface area contributed by atoms with Gasteiger partial charge in [0, 0.05) is 11.1 Å². The first kappa shape index (κ1) is 22.1. The molecular weight excluding hydrogens is 404 g/mol. The fraction of sp³-hybridized carbons (Fsp3) is 0.385. The summed E-state index contributed by atoms with van der Waals surface area (Å²) in [6, 6.07) is 18.0. The number of carbonyl (C=O) groups is 1. The molecule has 1 fully saturated rings. The van der Waals surface area contributed by atoms with E-state index in [4.69, 9.17) is 19.3 Å². The van der Waals surface area contributed by atoms with E-state index in [2.05, 4.69) is 6.07 Å². The number of methoxy groups -OCH3 is 1. The van der Waals surface area contributed by atoms with Crippen molar-refractivity contribution in [2.24, 2.45) is 0 Å². The van der Waals surface area contributed by atoms with E-state index in [1.807, 2.05) is 53.2 Å². The zero-order valence-electron chi connectivity index (χ0n) is 19.1. The lowest BCUT2D eigenvalue weighted by molar-refractivity contribution is -0.139.